The Labute approximate surface area is 154 Å². The van der Waals surface area contributed by atoms with Crippen molar-refractivity contribution in [1.82, 2.24) is 15.0 Å². The molecule has 2 heterocycles. The first-order valence-corrected chi connectivity index (χ1v) is 8.67. The highest BCUT2D eigenvalue weighted by atomic mass is 19.1. The molecule has 0 fully saturated rings. The molecular weight excluding hydrogens is 347 g/mol. The Hall–Kier alpha value is -3.35. The van der Waals surface area contributed by atoms with Crippen LogP contribution < -0.4 is 11.0 Å². The highest BCUT2D eigenvalue weighted by Crippen LogP contribution is 2.16. The quantitative estimate of drug-likeness (QED) is 0.573. The Morgan fingerprint density at radius 3 is 2.70 bits per heavy atom. The van der Waals surface area contributed by atoms with Crippen molar-refractivity contribution in [3.8, 4) is 0 Å². The minimum absolute atomic E-state index is 0.0652. The maximum absolute atomic E-state index is 13.0. The lowest BCUT2D eigenvalue weighted by Crippen LogP contribution is -2.22. The van der Waals surface area contributed by atoms with Gasteiger partial charge in [-0.05, 0) is 49.2 Å². The van der Waals surface area contributed by atoms with Gasteiger partial charge >= 0.3 is 0 Å². The molecule has 136 valence electrons. The Morgan fingerprint density at radius 2 is 1.93 bits per heavy atom. The maximum Gasteiger partial charge on any atom is 0.271 e. The number of nitrogens with one attached hydrogen (secondary N) is 1. The van der Waals surface area contributed by atoms with Crippen LogP contribution in [-0.2, 0) is 13.0 Å². The lowest BCUT2D eigenvalue weighted by atomic mass is 10.1. The summed E-state index contributed by atoms with van der Waals surface area (Å²) in [5, 5.41) is 4.57. The topological polar surface area (TPSA) is 76.3 Å². The molecule has 1 amide bonds. The molecule has 3 aromatic rings. The van der Waals surface area contributed by atoms with Crippen LogP contribution in [0, 0.1) is 5.82 Å². The van der Waals surface area contributed by atoms with Crippen LogP contribution >= 0.6 is 0 Å². The third-order valence-electron chi connectivity index (χ3n) is 4.67. The molecule has 2 aromatic carbocycles. The summed E-state index contributed by atoms with van der Waals surface area (Å²) in [5.41, 5.74) is 4.57. The number of rotatable bonds is 3. The zero-order valence-corrected chi connectivity index (χ0v) is 14.7. The van der Waals surface area contributed by atoms with Gasteiger partial charge in [0.05, 0.1) is 16.6 Å². The second-order valence-electron chi connectivity index (χ2n) is 6.47. The molecule has 0 unspecified atom stereocenters. The molecule has 0 spiro atoms. The number of carbonyl (C=O) groups excluding carboxylic acids is 1. The Balaban J connectivity index is 1.59. The van der Waals surface area contributed by atoms with Gasteiger partial charge < -0.3 is 0 Å². The molecule has 1 N–H and O–H groups in total. The molecule has 1 aliphatic rings. The van der Waals surface area contributed by atoms with E-state index in [9.17, 15) is 14.0 Å². The van der Waals surface area contributed by atoms with Crippen molar-refractivity contribution in [2.75, 3.05) is 0 Å². The number of aryl methyl sites for hydroxylation is 1. The van der Waals surface area contributed by atoms with Gasteiger partial charge in [-0.15, -0.1) is 0 Å². The second kappa shape index (κ2) is 6.75. The Kier molecular flexibility index (Phi) is 4.27. The van der Waals surface area contributed by atoms with Gasteiger partial charge in [0.2, 0.25) is 0 Å². The number of amides is 1. The molecule has 27 heavy (non-hydrogen) atoms. The predicted octanol–water partition coefficient (Wildman–Crippen LogP) is 2.64. The molecule has 0 aliphatic carbocycles. The van der Waals surface area contributed by atoms with Crippen LogP contribution in [0.1, 0.15) is 35.1 Å². The minimum Gasteiger partial charge on any atom is -0.296 e. The van der Waals surface area contributed by atoms with E-state index >= 15 is 0 Å². The Morgan fingerprint density at radius 1 is 1.19 bits per heavy atom. The van der Waals surface area contributed by atoms with E-state index < -0.39 is 5.91 Å². The van der Waals surface area contributed by atoms with Crippen molar-refractivity contribution in [3.05, 3.63) is 75.6 Å². The summed E-state index contributed by atoms with van der Waals surface area (Å²) in [6, 6.07) is 10.7. The highest BCUT2D eigenvalue weighted by Gasteiger charge is 2.17. The van der Waals surface area contributed by atoms with Crippen molar-refractivity contribution in [3.63, 3.8) is 0 Å². The van der Waals surface area contributed by atoms with Gasteiger partial charge in [0, 0.05) is 18.5 Å². The molecule has 6 nitrogen and oxygen atoms in total. The van der Waals surface area contributed by atoms with E-state index in [2.05, 4.69) is 15.5 Å². The summed E-state index contributed by atoms with van der Waals surface area (Å²) in [6.45, 7) is 2.41. The second-order valence-corrected chi connectivity index (χ2v) is 6.47. The van der Waals surface area contributed by atoms with E-state index in [1.807, 2.05) is 0 Å². The molecule has 7 heteroatoms. The van der Waals surface area contributed by atoms with Crippen LogP contribution in [0.5, 0.6) is 0 Å². The van der Waals surface area contributed by atoms with Gasteiger partial charge in [0.25, 0.3) is 11.5 Å². The van der Waals surface area contributed by atoms with Gasteiger partial charge in [0.1, 0.15) is 11.6 Å². The predicted molar refractivity (Wildman–Crippen MR) is 100 cm³/mol. The Bertz CT molecular complexity index is 1130. The number of nitrogens with zero attached hydrogens (tertiary/aromatic N) is 3. The molecule has 0 atom stereocenters. The highest BCUT2D eigenvalue weighted by molar-refractivity contribution is 6.01. The summed E-state index contributed by atoms with van der Waals surface area (Å²) in [7, 11) is 0. The first-order chi connectivity index (χ1) is 13.0. The van der Waals surface area contributed by atoms with E-state index in [4.69, 9.17) is 0 Å². The molecule has 1 aliphatic heterocycles. The van der Waals surface area contributed by atoms with Crippen LogP contribution in [0.4, 0.5) is 4.39 Å². The monoisotopic (exact) mass is 364 g/mol. The number of hydrazone groups is 1. The lowest BCUT2D eigenvalue weighted by molar-refractivity contribution is 0.0955. The number of hydrogen-bond donors (Lipinski definition) is 1. The first kappa shape index (κ1) is 17.1. The molecule has 0 saturated carbocycles. The molecule has 4 rings (SSSR count). The van der Waals surface area contributed by atoms with Crippen molar-refractivity contribution in [2.24, 2.45) is 5.10 Å². The summed E-state index contributed by atoms with van der Waals surface area (Å²) >= 11 is 0. The van der Waals surface area contributed by atoms with Gasteiger partial charge in [-0.3, -0.25) is 14.2 Å². The van der Waals surface area contributed by atoms with Gasteiger partial charge in [-0.2, -0.15) is 5.10 Å². The third kappa shape index (κ3) is 3.23. The normalized spacial score (nSPS) is 13.6. The van der Waals surface area contributed by atoms with Crippen LogP contribution in [-0.4, -0.2) is 21.2 Å². The fourth-order valence-electron chi connectivity index (χ4n) is 3.18. The summed E-state index contributed by atoms with van der Waals surface area (Å²) in [6.07, 6.45) is 1.67. The van der Waals surface area contributed by atoms with Crippen LogP contribution in [0.3, 0.4) is 0 Å². The number of benzene rings is 2. The fraction of sp³-hybridized carbons (Fsp3) is 0.200. The molecule has 0 bridgehead atoms. The smallest absolute Gasteiger partial charge is 0.271 e. The van der Waals surface area contributed by atoms with Gasteiger partial charge in [-0.1, -0.05) is 12.1 Å². The van der Waals surface area contributed by atoms with Gasteiger partial charge in [-0.25, -0.2) is 14.8 Å². The summed E-state index contributed by atoms with van der Waals surface area (Å²) < 4.78 is 14.7. The number of fused-ring (bicyclic) bond motifs is 2. The van der Waals surface area contributed by atoms with Crippen molar-refractivity contribution < 1.29 is 9.18 Å². The minimum atomic E-state index is -0.402. The lowest BCUT2D eigenvalue weighted by Gasteiger charge is -2.07. The zero-order chi connectivity index (χ0) is 19.0. The van der Waals surface area contributed by atoms with E-state index in [1.165, 1.54) is 12.1 Å². The maximum atomic E-state index is 13.0. The molecule has 0 radical (unpaired) electrons. The average Bonchev–Trinajstić information content (AvgIpc) is 3.15. The van der Waals surface area contributed by atoms with E-state index in [0.717, 1.165) is 18.7 Å². The van der Waals surface area contributed by atoms with E-state index in [1.54, 1.807) is 41.8 Å². The summed E-state index contributed by atoms with van der Waals surface area (Å²) in [5.74, 6) is 0.0256. The number of hydrogen-bond acceptors (Lipinski definition) is 4. The molecule has 1 aromatic heterocycles. The van der Waals surface area contributed by atoms with Crippen LogP contribution in [0.25, 0.3) is 10.9 Å². The average molecular weight is 364 g/mol. The first-order valence-electron chi connectivity index (χ1n) is 8.67. The number of halogens is 1. The number of carbonyl (C=O) groups is 1. The van der Waals surface area contributed by atoms with Crippen LogP contribution in [0.15, 0.2) is 52.4 Å². The molecule has 0 saturated heterocycles. The van der Waals surface area contributed by atoms with Crippen molar-refractivity contribution in [1.29, 1.82) is 0 Å². The largest absolute Gasteiger partial charge is 0.296 e. The fourth-order valence-corrected chi connectivity index (χ4v) is 3.18. The van der Waals surface area contributed by atoms with Crippen molar-refractivity contribution >= 4 is 22.5 Å². The zero-order valence-electron chi connectivity index (χ0n) is 14.7. The number of aromatic nitrogens is 2. The standard InChI is InChI=1S/C20H17FN4O2/c1-12(13-4-7-15(21)8-5-13)23-24-19(26)14-6-9-16-17(11-14)22-18-3-2-10-25(18)20(16)27/h4-9,11H,2-3,10H2,1H3,(H,24,26)/b23-12-. The van der Waals surface area contributed by atoms with Gasteiger partial charge in [0.15, 0.2) is 0 Å². The van der Waals surface area contributed by atoms with E-state index in [0.29, 0.717) is 34.3 Å². The van der Waals surface area contributed by atoms with E-state index in [-0.39, 0.29) is 11.4 Å². The SMILES string of the molecule is C/C(=N/NC(=O)c1ccc2c(=O)n3c(nc2c1)CCC3)c1ccc(F)cc1. The third-order valence-corrected chi connectivity index (χ3v) is 4.67. The molecular formula is C20H17FN4O2. The van der Waals surface area contributed by atoms with Crippen LogP contribution in [0.2, 0.25) is 0 Å². The van der Waals surface area contributed by atoms with Crippen molar-refractivity contribution in [2.45, 2.75) is 26.3 Å². The summed E-state index contributed by atoms with van der Waals surface area (Å²) in [4.78, 5) is 29.4.